The molecule has 0 saturated heterocycles. The topological polar surface area (TPSA) is 389 Å². The van der Waals surface area contributed by atoms with Gasteiger partial charge in [0.15, 0.2) is 0 Å². The standard InChI is InChI=1S/C21H22N2O11.C16H22N2O8.2CH5N/c1-13(33-21(27)34-16-7-5-15(6-8-16)22(28)29)17-10-14(12-24)19(11-18(17)23(30)31)32-9-3-2-4-20(25)26;1-10(26-16(22)17-2)12-7-11(9-19)14(8-13(12)18(23)24)25-6-4-3-5-15(20)21;2*1-2/h5-8,10-11,13,24H,2-4,9,12H2,1H3,(H,25,26);7-8,10,19H,3-6,9H2,1-2H3,(H,17,22)(H,20,21);2*2H2,1H3. The van der Waals surface area contributed by atoms with E-state index in [-0.39, 0.29) is 71.4 Å². The lowest BCUT2D eigenvalue weighted by atomic mass is 10.0. The lowest BCUT2D eigenvalue weighted by molar-refractivity contribution is -0.386. The molecule has 3 aromatic carbocycles. The Labute approximate surface area is 366 Å². The first-order chi connectivity index (χ1) is 30.4. The Kier molecular flexibility index (Phi) is 27.3. The van der Waals surface area contributed by atoms with Gasteiger partial charge in [-0.2, -0.15) is 0 Å². The van der Waals surface area contributed by atoms with Crippen LogP contribution in [0, 0.1) is 30.3 Å². The van der Waals surface area contributed by atoms with Crippen molar-refractivity contribution >= 4 is 41.2 Å². The van der Waals surface area contributed by atoms with Crippen LogP contribution in [-0.4, -0.2) is 93.7 Å². The molecule has 0 aromatic heterocycles. The smallest absolute Gasteiger partial charge is 0.493 e. The quantitative estimate of drug-likeness (QED) is 0.0224. The van der Waals surface area contributed by atoms with Crippen LogP contribution in [0.1, 0.15) is 86.8 Å². The SMILES string of the molecule is CC(OC(=O)Oc1ccc([N+](=O)[O-])cc1)c1cc(CO)c(OCCCCC(=O)O)cc1[N+](=O)[O-].CN.CN.CNC(=O)OC(C)c1cc(CO)c(OCCCCC(=O)O)cc1[N+](=O)[O-]. The minimum atomic E-state index is -1.19. The number of amides is 1. The zero-order valence-electron chi connectivity index (χ0n) is 35.8. The van der Waals surface area contributed by atoms with Gasteiger partial charge in [0.1, 0.15) is 29.5 Å². The summed E-state index contributed by atoms with van der Waals surface area (Å²) in [5, 5.41) is 72.3. The number of hydrogen-bond acceptors (Lipinski definition) is 19. The molecular formula is C39H54N6O19. The number of benzene rings is 3. The summed E-state index contributed by atoms with van der Waals surface area (Å²) in [4.78, 5) is 76.1. The van der Waals surface area contributed by atoms with E-state index in [1.165, 1.54) is 65.3 Å². The van der Waals surface area contributed by atoms with Crippen molar-refractivity contribution in [3.63, 3.8) is 0 Å². The van der Waals surface area contributed by atoms with Crippen molar-refractivity contribution in [1.29, 1.82) is 0 Å². The van der Waals surface area contributed by atoms with Crippen molar-refractivity contribution in [2.45, 2.75) is 77.8 Å². The highest BCUT2D eigenvalue weighted by Gasteiger charge is 2.27. The van der Waals surface area contributed by atoms with Crippen LogP contribution in [0.5, 0.6) is 17.2 Å². The number of carboxylic acids is 2. The van der Waals surface area contributed by atoms with Crippen LogP contribution in [0.4, 0.5) is 26.7 Å². The number of nitro groups is 3. The third-order valence-corrected chi connectivity index (χ3v) is 8.12. The van der Waals surface area contributed by atoms with Gasteiger partial charge in [0.2, 0.25) is 0 Å². The molecule has 0 bridgehead atoms. The van der Waals surface area contributed by atoms with E-state index in [9.17, 15) is 59.7 Å². The van der Waals surface area contributed by atoms with E-state index in [0.717, 1.165) is 18.2 Å². The summed E-state index contributed by atoms with van der Waals surface area (Å²) in [6.07, 6.45) is -2.44. The van der Waals surface area contributed by atoms with Crippen LogP contribution in [0.25, 0.3) is 0 Å². The largest absolute Gasteiger partial charge is 0.514 e. The monoisotopic (exact) mass is 910 g/mol. The minimum absolute atomic E-state index is 0.00362. The number of hydrogen-bond donors (Lipinski definition) is 7. The molecular weight excluding hydrogens is 856 g/mol. The van der Waals surface area contributed by atoms with Gasteiger partial charge in [-0.15, -0.1) is 0 Å². The van der Waals surface area contributed by atoms with Gasteiger partial charge in [-0.25, -0.2) is 9.59 Å². The van der Waals surface area contributed by atoms with Gasteiger partial charge >= 0.3 is 24.2 Å². The fourth-order valence-electron chi connectivity index (χ4n) is 5.12. The molecule has 9 N–H and O–H groups in total. The Bertz CT molecular complexity index is 2000. The van der Waals surface area contributed by atoms with Crippen LogP contribution in [0.2, 0.25) is 0 Å². The van der Waals surface area contributed by atoms with Crippen molar-refractivity contribution < 1.29 is 78.1 Å². The summed E-state index contributed by atoms with van der Waals surface area (Å²) in [7, 11) is 4.36. The normalized spacial score (nSPS) is 10.9. The predicted molar refractivity (Wildman–Crippen MR) is 225 cm³/mol. The number of aliphatic hydroxyl groups excluding tert-OH is 2. The Hall–Kier alpha value is -7.22. The summed E-state index contributed by atoms with van der Waals surface area (Å²) in [6, 6.07) is 9.54. The van der Waals surface area contributed by atoms with Crippen molar-refractivity contribution in [3.8, 4) is 17.2 Å². The van der Waals surface area contributed by atoms with Gasteiger partial charge in [0.05, 0.1) is 64.5 Å². The van der Waals surface area contributed by atoms with E-state index in [2.05, 4.69) is 16.8 Å². The maximum atomic E-state index is 12.1. The fraction of sp³-hybridized carbons (Fsp3) is 0.436. The van der Waals surface area contributed by atoms with Gasteiger partial charge in [-0.3, -0.25) is 39.9 Å². The number of aliphatic carboxylic acids is 2. The zero-order valence-corrected chi connectivity index (χ0v) is 35.8. The molecule has 0 aliphatic heterocycles. The van der Waals surface area contributed by atoms with Crippen molar-refractivity contribution in [1.82, 2.24) is 5.32 Å². The molecule has 0 aliphatic carbocycles. The first-order valence-corrected chi connectivity index (χ1v) is 19.1. The molecule has 25 heteroatoms. The number of carbonyl (C=O) groups is 4. The molecule has 0 heterocycles. The number of ether oxygens (including phenoxy) is 5. The van der Waals surface area contributed by atoms with E-state index in [0.29, 0.717) is 31.2 Å². The molecule has 3 aromatic rings. The number of nitrogens with one attached hydrogen (secondary N) is 1. The van der Waals surface area contributed by atoms with Crippen LogP contribution >= 0.6 is 0 Å². The average molecular weight is 911 g/mol. The zero-order chi connectivity index (χ0) is 48.9. The Morgan fingerprint density at radius 2 is 1.06 bits per heavy atom. The molecule has 64 heavy (non-hydrogen) atoms. The van der Waals surface area contributed by atoms with Crippen LogP contribution in [0.3, 0.4) is 0 Å². The lowest BCUT2D eigenvalue weighted by Crippen LogP contribution is -2.21. The Morgan fingerprint density at radius 1 is 0.656 bits per heavy atom. The predicted octanol–water partition coefficient (Wildman–Crippen LogP) is 5.19. The van der Waals surface area contributed by atoms with E-state index < -0.39 is 70.1 Å². The summed E-state index contributed by atoms with van der Waals surface area (Å²) < 4.78 is 26.0. The van der Waals surface area contributed by atoms with E-state index >= 15 is 0 Å². The van der Waals surface area contributed by atoms with Crippen molar-refractivity contribution in [3.05, 3.63) is 101 Å². The number of carboxylic acid groups (broad SMARTS) is 2. The molecule has 0 spiro atoms. The second kappa shape index (κ2) is 30.8. The molecule has 25 nitrogen and oxygen atoms in total. The second-order valence-electron chi connectivity index (χ2n) is 12.4. The average Bonchev–Trinajstić information content (AvgIpc) is 3.26. The van der Waals surface area contributed by atoms with Crippen molar-refractivity contribution in [2.75, 3.05) is 34.4 Å². The number of nitrogens with zero attached hydrogens (tertiary/aromatic N) is 3. The van der Waals surface area contributed by atoms with Gasteiger partial charge in [0, 0.05) is 43.1 Å². The fourth-order valence-corrected chi connectivity index (χ4v) is 5.12. The third-order valence-electron chi connectivity index (χ3n) is 8.12. The highest BCUT2D eigenvalue weighted by atomic mass is 16.7. The first-order valence-electron chi connectivity index (χ1n) is 19.1. The van der Waals surface area contributed by atoms with E-state index in [1.54, 1.807) is 0 Å². The number of rotatable bonds is 22. The molecule has 0 fully saturated rings. The summed E-state index contributed by atoms with van der Waals surface area (Å²) in [5.41, 5.74) is 8.68. The molecule has 2 unspecified atom stereocenters. The number of nitro benzene ring substituents is 3. The summed E-state index contributed by atoms with van der Waals surface area (Å²) in [6.45, 7) is 2.14. The molecule has 2 atom stereocenters. The van der Waals surface area contributed by atoms with Crippen LogP contribution in [-0.2, 0) is 32.3 Å². The number of aliphatic hydroxyl groups is 2. The molecule has 0 radical (unpaired) electrons. The first kappa shape index (κ1) is 56.8. The van der Waals surface area contributed by atoms with Gasteiger partial charge in [-0.1, -0.05) is 0 Å². The maximum Gasteiger partial charge on any atom is 0.514 e. The Balaban J connectivity index is 0.00000119. The number of unbranched alkanes of at least 4 members (excludes halogenated alkanes) is 2. The summed E-state index contributed by atoms with van der Waals surface area (Å²) in [5.74, 6) is -1.71. The second-order valence-corrected chi connectivity index (χ2v) is 12.4. The number of alkyl carbamates (subject to hydrolysis) is 1. The molecule has 0 saturated carbocycles. The number of nitrogens with two attached hydrogens (primary N) is 2. The third kappa shape index (κ3) is 20.1. The highest BCUT2D eigenvalue weighted by Crippen LogP contribution is 2.36. The molecule has 0 aliphatic rings. The molecule has 1 amide bonds. The van der Waals surface area contributed by atoms with Crippen LogP contribution in [0.15, 0.2) is 48.5 Å². The maximum absolute atomic E-state index is 12.1. The van der Waals surface area contributed by atoms with Gasteiger partial charge in [0.25, 0.3) is 17.1 Å². The number of non-ortho nitro benzene ring substituents is 1. The van der Waals surface area contributed by atoms with Crippen molar-refractivity contribution in [2.24, 2.45) is 11.5 Å². The van der Waals surface area contributed by atoms with Gasteiger partial charge in [-0.05, 0) is 77.9 Å². The van der Waals surface area contributed by atoms with Gasteiger partial charge < -0.3 is 60.9 Å². The Morgan fingerprint density at radius 3 is 1.41 bits per heavy atom. The lowest BCUT2D eigenvalue weighted by Gasteiger charge is -2.17. The minimum Gasteiger partial charge on any atom is -0.493 e. The van der Waals surface area contributed by atoms with Crippen LogP contribution < -0.4 is 31.0 Å². The summed E-state index contributed by atoms with van der Waals surface area (Å²) >= 11 is 0. The molecule has 354 valence electrons. The highest BCUT2D eigenvalue weighted by molar-refractivity contribution is 5.68. The number of carbonyl (C=O) groups excluding carboxylic acids is 2. The van der Waals surface area contributed by atoms with E-state index in [1.807, 2.05) is 0 Å². The molecule has 3 rings (SSSR count). The van der Waals surface area contributed by atoms with E-state index in [4.69, 9.17) is 33.9 Å².